The largest absolute Gasteiger partial charge is 0.340 e. The fraction of sp³-hybridized carbons (Fsp3) is 0.917. The highest BCUT2D eigenvalue weighted by atomic mass is 16.2. The molecule has 92 valence electrons. The van der Waals surface area contributed by atoms with Crippen molar-refractivity contribution >= 4 is 5.91 Å². The number of carbonyl (C=O) groups is 1. The van der Waals surface area contributed by atoms with Crippen LogP contribution in [0.3, 0.4) is 0 Å². The molecule has 0 aromatic heterocycles. The van der Waals surface area contributed by atoms with Gasteiger partial charge in [0.25, 0.3) is 0 Å². The maximum absolute atomic E-state index is 11.9. The van der Waals surface area contributed by atoms with Gasteiger partial charge in [-0.1, -0.05) is 6.92 Å². The Morgan fingerprint density at radius 3 is 2.44 bits per heavy atom. The normalized spacial score (nSPS) is 24.5. The minimum absolute atomic E-state index is 0.286. The number of piperazine rings is 1. The molecule has 1 heterocycles. The molecule has 4 nitrogen and oxygen atoms in total. The quantitative estimate of drug-likeness (QED) is 0.747. The fourth-order valence-corrected chi connectivity index (χ4v) is 2.29. The van der Waals surface area contributed by atoms with Crippen LogP contribution in [0.1, 0.15) is 26.2 Å². The molecule has 0 bridgehead atoms. The van der Waals surface area contributed by atoms with Crippen LogP contribution in [0.25, 0.3) is 0 Å². The van der Waals surface area contributed by atoms with Gasteiger partial charge in [-0.15, -0.1) is 0 Å². The van der Waals surface area contributed by atoms with E-state index in [9.17, 15) is 4.79 Å². The summed E-state index contributed by atoms with van der Waals surface area (Å²) >= 11 is 0. The molecule has 2 fully saturated rings. The smallest absolute Gasteiger partial charge is 0.222 e. The zero-order valence-electron chi connectivity index (χ0n) is 10.2. The number of amides is 1. The van der Waals surface area contributed by atoms with Crippen LogP contribution >= 0.6 is 0 Å². The summed E-state index contributed by atoms with van der Waals surface area (Å²) in [6.07, 6.45) is 3.33. The summed E-state index contributed by atoms with van der Waals surface area (Å²) in [6.45, 7) is 6.59. The number of carbonyl (C=O) groups excluding carboxylic acids is 1. The topological polar surface area (TPSA) is 49.6 Å². The molecule has 1 aliphatic heterocycles. The highest BCUT2D eigenvalue weighted by Crippen LogP contribution is 2.27. The third-order valence-corrected chi connectivity index (χ3v) is 3.66. The van der Waals surface area contributed by atoms with Crippen molar-refractivity contribution in [3.8, 4) is 0 Å². The highest BCUT2D eigenvalue weighted by molar-refractivity contribution is 5.76. The molecule has 2 aliphatic rings. The van der Waals surface area contributed by atoms with Gasteiger partial charge in [0.05, 0.1) is 0 Å². The lowest BCUT2D eigenvalue weighted by atomic mass is 10.1. The summed E-state index contributed by atoms with van der Waals surface area (Å²) in [5, 5.41) is 0. The minimum atomic E-state index is 0.286. The van der Waals surface area contributed by atoms with Gasteiger partial charge in [0.1, 0.15) is 0 Å². The summed E-state index contributed by atoms with van der Waals surface area (Å²) in [5.74, 6) is 0.599. The van der Waals surface area contributed by atoms with Gasteiger partial charge in [-0.2, -0.15) is 0 Å². The van der Waals surface area contributed by atoms with Gasteiger partial charge in [0.2, 0.25) is 5.91 Å². The van der Waals surface area contributed by atoms with E-state index in [-0.39, 0.29) is 5.91 Å². The summed E-state index contributed by atoms with van der Waals surface area (Å²) in [4.78, 5) is 16.4. The Morgan fingerprint density at radius 2 is 1.94 bits per heavy atom. The lowest BCUT2D eigenvalue weighted by Crippen LogP contribution is -2.49. The first-order valence-corrected chi connectivity index (χ1v) is 6.42. The van der Waals surface area contributed by atoms with E-state index in [1.54, 1.807) is 0 Å². The Balaban J connectivity index is 1.72. The Labute approximate surface area is 97.8 Å². The maximum Gasteiger partial charge on any atom is 0.222 e. The second kappa shape index (κ2) is 5.15. The van der Waals surface area contributed by atoms with Crippen LogP contribution in [0.4, 0.5) is 0 Å². The lowest BCUT2D eigenvalue weighted by Gasteiger charge is -2.35. The zero-order chi connectivity index (χ0) is 11.5. The van der Waals surface area contributed by atoms with E-state index in [1.807, 2.05) is 11.8 Å². The third kappa shape index (κ3) is 2.95. The van der Waals surface area contributed by atoms with Gasteiger partial charge in [-0.25, -0.2) is 0 Å². The Bertz CT molecular complexity index is 245. The molecular weight excluding hydrogens is 202 g/mol. The molecule has 1 saturated carbocycles. The van der Waals surface area contributed by atoms with Crippen molar-refractivity contribution in [2.75, 3.05) is 32.7 Å². The van der Waals surface area contributed by atoms with Crippen molar-refractivity contribution in [3.05, 3.63) is 0 Å². The Morgan fingerprint density at radius 1 is 1.31 bits per heavy atom. The maximum atomic E-state index is 11.9. The van der Waals surface area contributed by atoms with E-state index in [0.29, 0.717) is 18.9 Å². The second-order valence-corrected chi connectivity index (χ2v) is 5.19. The average molecular weight is 225 g/mol. The van der Waals surface area contributed by atoms with Gasteiger partial charge in [0.15, 0.2) is 0 Å². The number of nitrogens with two attached hydrogens (primary N) is 1. The zero-order valence-corrected chi connectivity index (χ0v) is 10.2. The molecule has 0 spiro atoms. The molecule has 1 unspecified atom stereocenters. The number of nitrogens with zero attached hydrogens (tertiary/aromatic N) is 2. The van der Waals surface area contributed by atoms with Crippen LogP contribution in [0.15, 0.2) is 0 Å². The van der Waals surface area contributed by atoms with E-state index < -0.39 is 0 Å². The Kier molecular flexibility index (Phi) is 3.82. The summed E-state index contributed by atoms with van der Waals surface area (Å²) < 4.78 is 0. The lowest BCUT2D eigenvalue weighted by molar-refractivity contribution is -0.133. The molecule has 1 saturated heterocycles. The van der Waals surface area contributed by atoms with Crippen molar-refractivity contribution < 1.29 is 4.79 Å². The van der Waals surface area contributed by atoms with E-state index in [4.69, 9.17) is 5.73 Å². The van der Waals surface area contributed by atoms with E-state index in [1.165, 1.54) is 12.8 Å². The number of rotatable bonds is 4. The van der Waals surface area contributed by atoms with Crippen LogP contribution < -0.4 is 5.73 Å². The summed E-state index contributed by atoms with van der Waals surface area (Å²) in [6, 6.07) is 0.834. The van der Waals surface area contributed by atoms with E-state index in [0.717, 1.165) is 32.2 Å². The standard InChI is InChI=1S/C12H23N3O/c1-10(9-13)8-12(16)15-6-4-14(5-7-15)11-2-3-11/h10-11H,2-9,13H2,1H3. The molecule has 1 aliphatic carbocycles. The van der Waals surface area contributed by atoms with Gasteiger partial charge in [0, 0.05) is 38.6 Å². The molecule has 0 radical (unpaired) electrons. The highest BCUT2D eigenvalue weighted by Gasteiger charge is 2.32. The molecule has 0 aromatic carbocycles. The van der Waals surface area contributed by atoms with Gasteiger partial charge < -0.3 is 10.6 Å². The van der Waals surface area contributed by atoms with Crippen molar-refractivity contribution in [2.45, 2.75) is 32.2 Å². The van der Waals surface area contributed by atoms with Gasteiger partial charge in [-0.3, -0.25) is 9.69 Å². The first kappa shape index (κ1) is 11.9. The second-order valence-electron chi connectivity index (χ2n) is 5.19. The molecule has 2 N–H and O–H groups in total. The first-order valence-electron chi connectivity index (χ1n) is 6.42. The van der Waals surface area contributed by atoms with Crippen LogP contribution in [-0.4, -0.2) is 54.5 Å². The molecule has 4 heteroatoms. The van der Waals surface area contributed by atoms with E-state index in [2.05, 4.69) is 4.90 Å². The number of hydrogen-bond donors (Lipinski definition) is 1. The average Bonchev–Trinajstić information content (AvgIpc) is 3.13. The Hall–Kier alpha value is -0.610. The van der Waals surface area contributed by atoms with Gasteiger partial charge >= 0.3 is 0 Å². The molecular formula is C12H23N3O. The van der Waals surface area contributed by atoms with Crippen LogP contribution in [-0.2, 0) is 4.79 Å². The van der Waals surface area contributed by atoms with Crippen molar-refractivity contribution in [1.29, 1.82) is 0 Å². The van der Waals surface area contributed by atoms with Gasteiger partial charge in [-0.05, 0) is 25.3 Å². The monoisotopic (exact) mass is 225 g/mol. The fourth-order valence-electron chi connectivity index (χ4n) is 2.29. The molecule has 1 amide bonds. The predicted molar refractivity (Wildman–Crippen MR) is 64.0 cm³/mol. The van der Waals surface area contributed by atoms with Crippen LogP contribution in [0.5, 0.6) is 0 Å². The van der Waals surface area contributed by atoms with Crippen LogP contribution in [0, 0.1) is 5.92 Å². The minimum Gasteiger partial charge on any atom is -0.340 e. The van der Waals surface area contributed by atoms with Crippen molar-refractivity contribution in [2.24, 2.45) is 11.7 Å². The van der Waals surface area contributed by atoms with E-state index >= 15 is 0 Å². The first-order chi connectivity index (χ1) is 7.70. The van der Waals surface area contributed by atoms with Crippen molar-refractivity contribution in [3.63, 3.8) is 0 Å². The predicted octanol–water partition coefficient (Wildman–Crippen LogP) is 0.278. The molecule has 0 aromatic rings. The van der Waals surface area contributed by atoms with Crippen molar-refractivity contribution in [1.82, 2.24) is 9.80 Å². The third-order valence-electron chi connectivity index (χ3n) is 3.66. The molecule has 2 rings (SSSR count). The number of hydrogen-bond acceptors (Lipinski definition) is 3. The molecule has 16 heavy (non-hydrogen) atoms. The summed E-state index contributed by atoms with van der Waals surface area (Å²) in [5.41, 5.74) is 5.54. The molecule has 1 atom stereocenters. The summed E-state index contributed by atoms with van der Waals surface area (Å²) in [7, 11) is 0. The SMILES string of the molecule is CC(CN)CC(=O)N1CCN(C2CC2)CC1. The van der Waals surface area contributed by atoms with Crippen LogP contribution in [0.2, 0.25) is 0 Å².